The number of rotatable bonds is 4. The highest BCUT2D eigenvalue weighted by Crippen LogP contribution is 2.39. The van der Waals surface area contributed by atoms with Gasteiger partial charge in [0, 0.05) is 17.5 Å². The lowest BCUT2D eigenvalue weighted by atomic mass is 9.83. The fourth-order valence-electron chi connectivity index (χ4n) is 5.27. The number of aromatic nitrogens is 6. The first-order valence-electron chi connectivity index (χ1n) is 14.6. The standard InChI is InChI=1S/C35H38N6O2/c1-20-9-11-26-28(13-20)38-40(36-26)30-18-24(34(3,4)5)16-22(32(30)42)15-23-17-25(35(6,7)8)19-31(33(23)43)41-37-27-12-10-21(2)14-29(27)39-41/h9-14,16-19,42-43H,15H2,1-8H3. The molecule has 0 bridgehead atoms. The zero-order valence-electron chi connectivity index (χ0n) is 26.1. The number of hydrogen-bond donors (Lipinski definition) is 2. The maximum Gasteiger partial charge on any atom is 0.146 e. The average molecular weight is 575 g/mol. The van der Waals surface area contributed by atoms with Crippen LogP contribution in [0.4, 0.5) is 0 Å². The molecule has 220 valence electrons. The van der Waals surface area contributed by atoms with Gasteiger partial charge in [-0.2, -0.15) is 0 Å². The van der Waals surface area contributed by atoms with Crippen molar-refractivity contribution in [1.82, 2.24) is 30.0 Å². The van der Waals surface area contributed by atoms with Crippen molar-refractivity contribution >= 4 is 22.1 Å². The lowest BCUT2D eigenvalue weighted by Gasteiger charge is -2.24. The van der Waals surface area contributed by atoms with Gasteiger partial charge in [-0.15, -0.1) is 30.0 Å². The predicted molar refractivity (Wildman–Crippen MR) is 171 cm³/mol. The van der Waals surface area contributed by atoms with E-state index in [9.17, 15) is 10.2 Å². The van der Waals surface area contributed by atoms with Crippen LogP contribution in [-0.2, 0) is 17.3 Å². The number of aromatic hydroxyl groups is 2. The number of benzene rings is 4. The van der Waals surface area contributed by atoms with E-state index in [-0.39, 0.29) is 28.7 Å². The van der Waals surface area contributed by atoms with Gasteiger partial charge in [-0.05, 0) is 83.3 Å². The van der Waals surface area contributed by atoms with Crippen LogP contribution in [0.5, 0.6) is 11.5 Å². The monoisotopic (exact) mass is 574 g/mol. The number of aryl methyl sites for hydroxylation is 2. The van der Waals surface area contributed by atoms with Gasteiger partial charge in [-0.3, -0.25) is 0 Å². The molecule has 43 heavy (non-hydrogen) atoms. The molecule has 8 heteroatoms. The lowest BCUT2D eigenvalue weighted by molar-refractivity contribution is 0.453. The fraction of sp³-hybridized carbons (Fsp3) is 0.314. The highest BCUT2D eigenvalue weighted by atomic mass is 16.3. The van der Waals surface area contributed by atoms with Gasteiger partial charge in [0.2, 0.25) is 0 Å². The molecule has 0 fully saturated rings. The predicted octanol–water partition coefficient (Wildman–Crippen LogP) is 7.37. The van der Waals surface area contributed by atoms with E-state index in [4.69, 9.17) is 10.2 Å². The van der Waals surface area contributed by atoms with Crippen LogP contribution < -0.4 is 0 Å². The molecule has 0 aliphatic rings. The Balaban J connectivity index is 1.52. The molecule has 2 heterocycles. The summed E-state index contributed by atoms with van der Waals surface area (Å²) < 4.78 is 0. The van der Waals surface area contributed by atoms with Crippen LogP contribution in [-0.4, -0.2) is 40.2 Å². The van der Waals surface area contributed by atoms with Gasteiger partial charge in [0.25, 0.3) is 0 Å². The topological polar surface area (TPSA) is 102 Å². The first-order chi connectivity index (χ1) is 20.2. The highest BCUT2D eigenvalue weighted by Gasteiger charge is 2.25. The van der Waals surface area contributed by atoms with E-state index in [0.717, 1.165) is 44.3 Å². The van der Waals surface area contributed by atoms with Gasteiger partial charge in [0.05, 0.1) is 0 Å². The Labute approximate surface area is 251 Å². The van der Waals surface area contributed by atoms with E-state index in [1.807, 2.05) is 74.5 Å². The van der Waals surface area contributed by atoms with Crippen molar-refractivity contribution in [2.24, 2.45) is 0 Å². The molecule has 0 unspecified atom stereocenters. The molecule has 0 aliphatic heterocycles. The van der Waals surface area contributed by atoms with Gasteiger partial charge in [-0.25, -0.2) is 0 Å². The third-order valence-corrected chi connectivity index (χ3v) is 7.95. The number of fused-ring (bicyclic) bond motifs is 2. The second-order valence-electron chi connectivity index (χ2n) is 13.6. The molecular weight excluding hydrogens is 536 g/mol. The maximum atomic E-state index is 11.7. The Morgan fingerprint density at radius 2 is 0.907 bits per heavy atom. The molecule has 0 spiro atoms. The van der Waals surface area contributed by atoms with Crippen molar-refractivity contribution in [3.05, 3.63) is 94.0 Å². The molecule has 0 amide bonds. The third-order valence-electron chi connectivity index (χ3n) is 7.95. The molecule has 8 nitrogen and oxygen atoms in total. The van der Waals surface area contributed by atoms with E-state index < -0.39 is 0 Å². The minimum Gasteiger partial charge on any atom is -0.505 e. The van der Waals surface area contributed by atoms with E-state index in [1.165, 1.54) is 9.59 Å². The van der Waals surface area contributed by atoms with Crippen LogP contribution in [0.15, 0.2) is 60.7 Å². The molecule has 0 aliphatic carbocycles. The summed E-state index contributed by atoms with van der Waals surface area (Å²) in [6.07, 6.45) is 0.283. The second kappa shape index (κ2) is 9.93. The quantitative estimate of drug-likeness (QED) is 0.228. The summed E-state index contributed by atoms with van der Waals surface area (Å²) >= 11 is 0. The number of nitrogens with zero attached hydrogens (tertiary/aromatic N) is 6. The van der Waals surface area contributed by atoms with Crippen LogP contribution in [0.1, 0.15) is 74.9 Å². The molecule has 4 aromatic carbocycles. The zero-order chi connectivity index (χ0) is 30.8. The Kier molecular flexibility index (Phi) is 6.56. The maximum absolute atomic E-state index is 11.7. The molecule has 2 aromatic heterocycles. The Hall–Kier alpha value is -4.72. The summed E-state index contributed by atoms with van der Waals surface area (Å²) in [5, 5.41) is 42.1. The summed E-state index contributed by atoms with van der Waals surface area (Å²) in [6.45, 7) is 16.8. The second-order valence-corrected chi connectivity index (χ2v) is 13.6. The minimum atomic E-state index is -0.210. The highest BCUT2D eigenvalue weighted by molar-refractivity contribution is 5.76. The Morgan fingerprint density at radius 1 is 0.535 bits per heavy atom. The molecule has 6 rings (SSSR count). The average Bonchev–Trinajstić information content (AvgIpc) is 3.53. The van der Waals surface area contributed by atoms with E-state index >= 15 is 0 Å². The van der Waals surface area contributed by atoms with Crippen LogP contribution >= 0.6 is 0 Å². The van der Waals surface area contributed by atoms with Crippen LogP contribution in [0, 0.1) is 13.8 Å². The van der Waals surface area contributed by atoms with E-state index in [2.05, 4.69) is 51.7 Å². The van der Waals surface area contributed by atoms with Crippen molar-refractivity contribution in [2.75, 3.05) is 0 Å². The first-order valence-corrected chi connectivity index (χ1v) is 14.6. The number of phenols is 2. The van der Waals surface area contributed by atoms with Gasteiger partial charge in [0.1, 0.15) is 44.9 Å². The molecule has 0 saturated heterocycles. The summed E-state index contributed by atoms with van der Waals surface area (Å²) in [6, 6.07) is 19.8. The van der Waals surface area contributed by atoms with Crippen molar-refractivity contribution in [3.8, 4) is 22.9 Å². The van der Waals surface area contributed by atoms with E-state index in [0.29, 0.717) is 22.5 Å². The molecule has 0 saturated carbocycles. The van der Waals surface area contributed by atoms with Crippen LogP contribution in [0.25, 0.3) is 33.4 Å². The number of hydrogen-bond acceptors (Lipinski definition) is 6. The van der Waals surface area contributed by atoms with Crippen LogP contribution in [0.3, 0.4) is 0 Å². The fourth-order valence-corrected chi connectivity index (χ4v) is 5.27. The summed E-state index contributed by atoms with van der Waals surface area (Å²) in [5.41, 5.74) is 9.16. The zero-order valence-corrected chi connectivity index (χ0v) is 26.1. The Bertz CT molecular complexity index is 1880. The third kappa shape index (κ3) is 5.33. The minimum absolute atomic E-state index is 0.0746. The summed E-state index contributed by atoms with van der Waals surface area (Å²) in [4.78, 5) is 3.02. The molecule has 2 N–H and O–H groups in total. The van der Waals surface area contributed by atoms with Crippen molar-refractivity contribution in [3.63, 3.8) is 0 Å². The number of phenolic OH excluding ortho intramolecular Hbond substituents is 2. The van der Waals surface area contributed by atoms with E-state index in [1.54, 1.807) is 0 Å². The Morgan fingerprint density at radius 3 is 1.28 bits per heavy atom. The summed E-state index contributed by atoms with van der Waals surface area (Å²) in [5.74, 6) is 0.149. The largest absolute Gasteiger partial charge is 0.505 e. The van der Waals surface area contributed by atoms with Crippen molar-refractivity contribution in [1.29, 1.82) is 0 Å². The smallest absolute Gasteiger partial charge is 0.146 e. The van der Waals surface area contributed by atoms with Crippen molar-refractivity contribution in [2.45, 2.75) is 72.6 Å². The van der Waals surface area contributed by atoms with Gasteiger partial charge < -0.3 is 10.2 Å². The summed E-state index contributed by atoms with van der Waals surface area (Å²) in [7, 11) is 0. The molecule has 0 atom stereocenters. The van der Waals surface area contributed by atoms with Crippen molar-refractivity contribution < 1.29 is 10.2 Å². The molecule has 0 radical (unpaired) electrons. The van der Waals surface area contributed by atoms with Gasteiger partial charge >= 0.3 is 0 Å². The SMILES string of the molecule is Cc1ccc2nn(-c3cc(C(C)(C)C)cc(Cc4cc(C(C)(C)C)cc(-n5nc6ccc(C)cc6n5)c4O)c3O)nc2c1. The van der Waals surface area contributed by atoms with Gasteiger partial charge in [-0.1, -0.05) is 65.8 Å². The molecular formula is C35H38N6O2. The van der Waals surface area contributed by atoms with Gasteiger partial charge in [0.15, 0.2) is 0 Å². The van der Waals surface area contributed by atoms with Crippen LogP contribution in [0.2, 0.25) is 0 Å². The first kappa shape index (κ1) is 28.4. The lowest BCUT2D eigenvalue weighted by Crippen LogP contribution is -2.15. The molecule has 6 aromatic rings. The normalized spacial score (nSPS) is 12.5.